The van der Waals surface area contributed by atoms with E-state index in [9.17, 15) is 29.4 Å². The minimum atomic E-state index is -1.39. The Morgan fingerprint density at radius 3 is 2.00 bits per heavy atom. The molecule has 9 N–H and O–H groups in total. The summed E-state index contributed by atoms with van der Waals surface area (Å²) in [5.41, 5.74) is 6.99. The van der Waals surface area contributed by atoms with Crippen LogP contribution in [0.4, 0.5) is 0 Å². The highest BCUT2D eigenvalue weighted by Gasteiger charge is 2.30. The lowest BCUT2D eigenvalue weighted by molar-refractivity contribution is -0.142. The van der Waals surface area contributed by atoms with E-state index >= 15 is 0 Å². The second-order valence-electron chi connectivity index (χ2n) is 7.65. The molecule has 2 heterocycles. The van der Waals surface area contributed by atoms with Gasteiger partial charge in [-0.3, -0.25) is 14.4 Å². The number of aromatic amines is 2. The topological polar surface area (TPSA) is 228 Å². The van der Waals surface area contributed by atoms with Crippen LogP contribution in [0.2, 0.25) is 0 Å². The van der Waals surface area contributed by atoms with Crippen LogP contribution in [0.15, 0.2) is 25.0 Å². The summed E-state index contributed by atoms with van der Waals surface area (Å²) in [5, 5.41) is 26.3. The predicted octanol–water partition coefficient (Wildman–Crippen LogP) is -2.47. The number of amides is 3. The molecule has 0 bridgehead atoms. The van der Waals surface area contributed by atoms with Gasteiger partial charge in [-0.2, -0.15) is 11.8 Å². The molecule has 0 aliphatic carbocycles. The molecule has 0 saturated heterocycles. The number of aliphatic carboxylic acids is 1. The summed E-state index contributed by atoms with van der Waals surface area (Å²) in [5.74, 6) is -2.96. The van der Waals surface area contributed by atoms with Gasteiger partial charge >= 0.3 is 5.97 Å². The molecular formula is C20H30N8O6S. The molecule has 2 aromatic rings. The van der Waals surface area contributed by atoms with E-state index in [-0.39, 0.29) is 19.3 Å². The quantitative estimate of drug-likeness (QED) is 0.126. The first-order valence-electron chi connectivity index (χ1n) is 10.7. The molecule has 0 aliphatic heterocycles. The van der Waals surface area contributed by atoms with Gasteiger partial charge in [0.15, 0.2) is 0 Å². The Morgan fingerprint density at radius 1 is 0.943 bits per heavy atom. The lowest BCUT2D eigenvalue weighted by Gasteiger charge is -2.24. The van der Waals surface area contributed by atoms with E-state index in [2.05, 4.69) is 35.9 Å². The van der Waals surface area contributed by atoms with Gasteiger partial charge in [0, 0.05) is 36.6 Å². The normalized spacial score (nSPS) is 14.4. The van der Waals surface area contributed by atoms with Gasteiger partial charge in [-0.05, 0) is 18.4 Å². The molecule has 192 valence electrons. The van der Waals surface area contributed by atoms with Crippen molar-refractivity contribution in [1.82, 2.24) is 35.9 Å². The van der Waals surface area contributed by atoms with Gasteiger partial charge in [-0.25, -0.2) is 14.8 Å². The van der Waals surface area contributed by atoms with Crippen LogP contribution in [0.1, 0.15) is 17.8 Å². The average Bonchev–Trinajstić information content (AvgIpc) is 3.53. The van der Waals surface area contributed by atoms with Crippen LogP contribution in [-0.4, -0.2) is 96.6 Å². The van der Waals surface area contributed by atoms with Crippen LogP contribution in [0.3, 0.4) is 0 Å². The van der Waals surface area contributed by atoms with E-state index in [4.69, 9.17) is 5.73 Å². The molecule has 2 aromatic heterocycles. The summed E-state index contributed by atoms with van der Waals surface area (Å²) in [4.78, 5) is 63.0. The number of aliphatic hydroxyl groups excluding tert-OH is 1. The highest BCUT2D eigenvalue weighted by atomic mass is 32.2. The molecule has 35 heavy (non-hydrogen) atoms. The van der Waals surface area contributed by atoms with E-state index in [1.54, 1.807) is 0 Å². The Labute approximate surface area is 205 Å². The standard InChI is InChI=1S/C20H30N8O6S/c1-35-3-2-14(20(33)34)26-18(31)15(5-12-7-23-10-25-12)27-19(32)16(8-29)28-17(30)13(21)4-11-6-22-9-24-11/h6-7,9-10,13-16,29H,2-5,8,21H2,1H3,(H,22,24)(H,23,25)(H,26,31)(H,27,32)(H,28,30)(H,33,34). The summed E-state index contributed by atoms with van der Waals surface area (Å²) < 4.78 is 0. The molecule has 15 heteroatoms. The highest BCUT2D eigenvalue weighted by Crippen LogP contribution is 2.05. The minimum absolute atomic E-state index is 0.0299. The number of nitrogens with two attached hydrogens (primary N) is 1. The van der Waals surface area contributed by atoms with Crippen LogP contribution in [-0.2, 0) is 32.0 Å². The lowest BCUT2D eigenvalue weighted by atomic mass is 10.1. The maximum atomic E-state index is 12.9. The Bertz CT molecular complexity index is 955. The maximum Gasteiger partial charge on any atom is 0.326 e. The number of imidazole rings is 2. The number of carboxylic acid groups (broad SMARTS) is 1. The fraction of sp³-hybridized carbons (Fsp3) is 0.500. The van der Waals surface area contributed by atoms with Crippen molar-refractivity contribution in [3.05, 3.63) is 36.4 Å². The summed E-state index contributed by atoms with van der Waals surface area (Å²) in [7, 11) is 0. The second kappa shape index (κ2) is 14.1. The maximum absolute atomic E-state index is 12.9. The predicted molar refractivity (Wildman–Crippen MR) is 126 cm³/mol. The van der Waals surface area contributed by atoms with Crippen molar-refractivity contribution in [3.63, 3.8) is 0 Å². The molecule has 3 amide bonds. The number of nitrogens with one attached hydrogen (secondary N) is 5. The van der Waals surface area contributed by atoms with Crippen LogP contribution in [0.5, 0.6) is 0 Å². The number of carbonyl (C=O) groups is 4. The highest BCUT2D eigenvalue weighted by molar-refractivity contribution is 7.98. The van der Waals surface area contributed by atoms with E-state index < -0.39 is 54.5 Å². The van der Waals surface area contributed by atoms with Gasteiger partial charge < -0.3 is 41.9 Å². The van der Waals surface area contributed by atoms with Gasteiger partial charge in [-0.15, -0.1) is 0 Å². The first-order chi connectivity index (χ1) is 16.7. The third kappa shape index (κ3) is 9.03. The van der Waals surface area contributed by atoms with E-state index in [1.807, 2.05) is 6.26 Å². The van der Waals surface area contributed by atoms with Crippen molar-refractivity contribution in [3.8, 4) is 0 Å². The van der Waals surface area contributed by atoms with Gasteiger partial charge in [0.05, 0.1) is 25.3 Å². The SMILES string of the molecule is CSCCC(NC(=O)C(Cc1cnc[nH]1)NC(=O)C(CO)NC(=O)C(N)Cc1cnc[nH]1)C(=O)O. The Hall–Kier alpha value is -3.43. The number of thioether (sulfide) groups is 1. The summed E-state index contributed by atoms with van der Waals surface area (Å²) in [6.07, 6.45) is 7.89. The van der Waals surface area contributed by atoms with E-state index in [1.165, 1.54) is 36.8 Å². The largest absolute Gasteiger partial charge is 0.480 e. The Balaban J connectivity index is 2.06. The van der Waals surface area contributed by atoms with Crippen molar-refractivity contribution in [1.29, 1.82) is 0 Å². The number of H-pyrrole nitrogens is 2. The van der Waals surface area contributed by atoms with Crippen molar-refractivity contribution < 1.29 is 29.4 Å². The molecule has 0 aliphatic rings. The van der Waals surface area contributed by atoms with E-state index in [0.29, 0.717) is 17.1 Å². The minimum Gasteiger partial charge on any atom is -0.480 e. The summed E-state index contributed by atoms with van der Waals surface area (Å²) >= 11 is 1.43. The molecule has 4 atom stereocenters. The van der Waals surface area contributed by atoms with Crippen molar-refractivity contribution in [2.75, 3.05) is 18.6 Å². The van der Waals surface area contributed by atoms with Crippen molar-refractivity contribution >= 4 is 35.5 Å². The van der Waals surface area contributed by atoms with E-state index in [0.717, 1.165) is 0 Å². The number of nitrogens with zero attached hydrogens (tertiary/aromatic N) is 2. The zero-order chi connectivity index (χ0) is 25.8. The zero-order valence-electron chi connectivity index (χ0n) is 19.1. The molecular weight excluding hydrogens is 480 g/mol. The molecule has 0 radical (unpaired) electrons. The average molecular weight is 511 g/mol. The fourth-order valence-corrected chi connectivity index (χ4v) is 3.53. The van der Waals surface area contributed by atoms with Crippen LogP contribution in [0, 0.1) is 0 Å². The molecule has 2 rings (SSSR count). The monoisotopic (exact) mass is 510 g/mol. The number of aliphatic hydroxyl groups is 1. The zero-order valence-corrected chi connectivity index (χ0v) is 19.9. The van der Waals surface area contributed by atoms with Crippen LogP contribution >= 0.6 is 11.8 Å². The number of carbonyl (C=O) groups excluding carboxylic acids is 3. The molecule has 0 aromatic carbocycles. The third-order valence-electron chi connectivity index (χ3n) is 4.98. The first kappa shape index (κ1) is 27.8. The number of rotatable bonds is 15. The third-order valence-corrected chi connectivity index (χ3v) is 5.63. The number of hydrogen-bond donors (Lipinski definition) is 8. The summed E-state index contributed by atoms with van der Waals surface area (Å²) in [6, 6.07) is -4.76. The number of aromatic nitrogens is 4. The number of hydrogen-bond acceptors (Lipinski definition) is 9. The molecule has 4 unspecified atom stereocenters. The first-order valence-corrected chi connectivity index (χ1v) is 12.1. The van der Waals surface area contributed by atoms with Crippen LogP contribution in [0.25, 0.3) is 0 Å². The van der Waals surface area contributed by atoms with Crippen molar-refractivity contribution in [2.24, 2.45) is 5.73 Å². The van der Waals surface area contributed by atoms with Crippen LogP contribution < -0.4 is 21.7 Å². The fourth-order valence-electron chi connectivity index (χ4n) is 3.06. The van der Waals surface area contributed by atoms with Gasteiger partial charge in [0.1, 0.15) is 18.1 Å². The van der Waals surface area contributed by atoms with Gasteiger partial charge in [0.25, 0.3) is 0 Å². The second-order valence-corrected chi connectivity index (χ2v) is 8.64. The number of carboxylic acids is 1. The molecule has 0 fully saturated rings. The molecule has 0 saturated carbocycles. The Morgan fingerprint density at radius 2 is 1.49 bits per heavy atom. The van der Waals surface area contributed by atoms with Gasteiger partial charge in [0.2, 0.25) is 17.7 Å². The van der Waals surface area contributed by atoms with Gasteiger partial charge in [-0.1, -0.05) is 0 Å². The van der Waals surface area contributed by atoms with Crippen molar-refractivity contribution in [2.45, 2.75) is 43.4 Å². The summed E-state index contributed by atoms with van der Waals surface area (Å²) in [6.45, 7) is -0.752. The Kier molecular flexibility index (Phi) is 11.2. The lowest BCUT2D eigenvalue weighted by Crippen LogP contribution is -2.58. The molecule has 14 nitrogen and oxygen atoms in total. The molecule has 0 spiro atoms. The smallest absolute Gasteiger partial charge is 0.326 e.